The van der Waals surface area contributed by atoms with Crippen molar-refractivity contribution in [2.75, 3.05) is 32.8 Å². The smallest absolute Gasteiger partial charge is 0.317 e. The maximum atomic E-state index is 12.3. The summed E-state index contributed by atoms with van der Waals surface area (Å²) in [7, 11) is 0. The number of ether oxygens (including phenoxy) is 2. The summed E-state index contributed by atoms with van der Waals surface area (Å²) in [4.78, 5) is 14.2. The topological polar surface area (TPSA) is 68.6 Å². The van der Waals surface area contributed by atoms with Gasteiger partial charge < -0.3 is 19.7 Å². The van der Waals surface area contributed by atoms with E-state index in [4.69, 9.17) is 9.47 Å². The molecule has 0 aliphatic carbocycles. The van der Waals surface area contributed by atoms with Crippen LogP contribution in [-0.2, 0) is 16.0 Å². The van der Waals surface area contributed by atoms with Crippen LogP contribution < -0.4 is 5.32 Å². The lowest BCUT2D eigenvalue weighted by Gasteiger charge is -2.39. The molecule has 3 heterocycles. The molecule has 1 N–H and O–H groups in total. The fraction of sp³-hybridized carbons (Fsp3) is 0.750. The molecule has 1 aromatic rings. The molecule has 1 aromatic heterocycles. The fourth-order valence-electron chi connectivity index (χ4n) is 3.34. The molecule has 3 rings (SSSR count). The number of hydrogen-bond donors (Lipinski definition) is 1. The van der Waals surface area contributed by atoms with Gasteiger partial charge in [-0.3, -0.25) is 4.68 Å². The molecule has 0 bridgehead atoms. The lowest BCUT2D eigenvalue weighted by atomic mass is 9.90. The first-order chi connectivity index (χ1) is 11.2. The van der Waals surface area contributed by atoms with Crippen LogP contribution in [0.1, 0.15) is 26.2 Å². The minimum absolute atomic E-state index is 0.0109. The predicted octanol–water partition coefficient (Wildman–Crippen LogP) is 1.46. The highest BCUT2D eigenvalue weighted by Gasteiger charge is 2.42. The number of urea groups is 1. The van der Waals surface area contributed by atoms with Crippen molar-refractivity contribution in [1.82, 2.24) is 20.0 Å². The number of nitrogens with zero attached hydrogens (tertiary/aromatic N) is 3. The number of aromatic nitrogens is 2. The van der Waals surface area contributed by atoms with Gasteiger partial charge in [0.15, 0.2) is 5.79 Å². The first-order valence-electron chi connectivity index (χ1n) is 8.45. The van der Waals surface area contributed by atoms with E-state index < -0.39 is 5.79 Å². The maximum Gasteiger partial charge on any atom is 0.317 e. The zero-order valence-electron chi connectivity index (χ0n) is 13.7. The summed E-state index contributed by atoms with van der Waals surface area (Å²) in [6.45, 7) is 6.26. The van der Waals surface area contributed by atoms with Crippen LogP contribution in [0.2, 0.25) is 0 Å². The third kappa shape index (κ3) is 4.03. The molecule has 128 valence electrons. The van der Waals surface area contributed by atoms with Crippen molar-refractivity contribution in [2.45, 2.75) is 38.5 Å². The summed E-state index contributed by atoms with van der Waals surface area (Å²) in [6.07, 6.45) is 6.60. The van der Waals surface area contributed by atoms with Crippen molar-refractivity contribution in [2.24, 2.45) is 5.92 Å². The maximum absolute atomic E-state index is 12.3. The van der Waals surface area contributed by atoms with Gasteiger partial charge in [-0.25, -0.2) is 4.79 Å². The van der Waals surface area contributed by atoms with Gasteiger partial charge in [-0.15, -0.1) is 0 Å². The van der Waals surface area contributed by atoms with Crippen LogP contribution >= 0.6 is 0 Å². The molecule has 0 saturated carbocycles. The monoisotopic (exact) mass is 322 g/mol. The van der Waals surface area contributed by atoms with E-state index in [1.54, 1.807) is 6.20 Å². The van der Waals surface area contributed by atoms with E-state index in [9.17, 15) is 4.79 Å². The second-order valence-electron chi connectivity index (χ2n) is 6.35. The quantitative estimate of drug-likeness (QED) is 0.833. The molecule has 0 unspecified atom stereocenters. The predicted molar refractivity (Wildman–Crippen MR) is 84.8 cm³/mol. The van der Waals surface area contributed by atoms with Crippen molar-refractivity contribution < 1.29 is 14.3 Å². The van der Waals surface area contributed by atoms with Gasteiger partial charge in [-0.05, 0) is 32.3 Å². The Morgan fingerprint density at radius 3 is 3.00 bits per heavy atom. The molecule has 0 aromatic carbocycles. The normalized spacial score (nSPS) is 23.9. The molecule has 0 spiro atoms. The van der Waals surface area contributed by atoms with Crippen molar-refractivity contribution in [1.29, 1.82) is 0 Å². The van der Waals surface area contributed by atoms with E-state index in [0.717, 1.165) is 32.4 Å². The van der Waals surface area contributed by atoms with Crippen LogP contribution in [0.3, 0.4) is 0 Å². The number of piperidine rings is 1. The van der Waals surface area contributed by atoms with Gasteiger partial charge >= 0.3 is 6.03 Å². The van der Waals surface area contributed by atoms with E-state index in [1.165, 1.54) is 0 Å². The summed E-state index contributed by atoms with van der Waals surface area (Å²) in [5, 5.41) is 7.15. The van der Waals surface area contributed by atoms with Crippen molar-refractivity contribution in [3.63, 3.8) is 0 Å². The average molecular weight is 322 g/mol. The van der Waals surface area contributed by atoms with Crippen LogP contribution in [0, 0.1) is 5.92 Å². The molecule has 0 radical (unpaired) electrons. The van der Waals surface area contributed by atoms with Crippen molar-refractivity contribution in [3.05, 3.63) is 18.5 Å². The fourth-order valence-corrected chi connectivity index (χ4v) is 3.34. The minimum atomic E-state index is -0.529. The van der Waals surface area contributed by atoms with Crippen LogP contribution in [0.4, 0.5) is 4.79 Å². The van der Waals surface area contributed by atoms with Crippen LogP contribution in [-0.4, -0.2) is 59.3 Å². The molecule has 2 saturated heterocycles. The van der Waals surface area contributed by atoms with Crippen LogP contribution in [0.5, 0.6) is 0 Å². The Morgan fingerprint density at radius 1 is 1.43 bits per heavy atom. The molecule has 2 aliphatic heterocycles. The summed E-state index contributed by atoms with van der Waals surface area (Å²) in [5.41, 5.74) is 0. The standard InChI is InChI=1S/C16H26N4O3/c1-16(22-11-12-23-16)14-5-2-8-19(13-14)15(21)17-6-3-9-20-10-4-7-18-20/h4,7,10,14H,2-3,5-6,8-9,11-13H2,1H3,(H,17,21)/t14-/m0/s1. The number of nitrogens with one attached hydrogen (secondary N) is 1. The Bertz CT molecular complexity index is 499. The molecular weight excluding hydrogens is 296 g/mol. The summed E-state index contributed by atoms with van der Waals surface area (Å²) in [5.74, 6) is -0.285. The van der Waals surface area contributed by atoms with Gasteiger partial charge in [0.1, 0.15) is 0 Å². The SMILES string of the molecule is CC1([C@H]2CCCN(C(=O)NCCCn3cccn3)C2)OCCO1. The van der Waals surface area contributed by atoms with Crippen LogP contribution in [0.15, 0.2) is 18.5 Å². The first kappa shape index (κ1) is 16.3. The number of rotatable bonds is 5. The second kappa shape index (κ2) is 7.31. The number of likely N-dealkylation sites (tertiary alicyclic amines) is 1. The molecule has 7 nitrogen and oxygen atoms in total. The van der Waals surface area contributed by atoms with Gasteiger partial charge in [-0.2, -0.15) is 5.10 Å². The molecule has 2 aliphatic rings. The Labute approximate surface area is 136 Å². The van der Waals surface area contributed by atoms with E-state index in [2.05, 4.69) is 10.4 Å². The molecule has 7 heteroatoms. The second-order valence-corrected chi connectivity index (χ2v) is 6.35. The largest absolute Gasteiger partial charge is 0.347 e. The van der Waals surface area contributed by atoms with Gasteiger partial charge in [0, 0.05) is 44.5 Å². The van der Waals surface area contributed by atoms with E-state index >= 15 is 0 Å². The highest BCUT2D eigenvalue weighted by atomic mass is 16.7. The van der Waals surface area contributed by atoms with Gasteiger partial charge in [-0.1, -0.05) is 0 Å². The zero-order chi connectivity index (χ0) is 16.1. The number of aryl methyl sites for hydroxylation is 1. The molecule has 2 fully saturated rings. The third-order valence-electron chi connectivity index (χ3n) is 4.71. The average Bonchev–Trinajstić information content (AvgIpc) is 3.24. The Morgan fingerprint density at radius 2 is 2.26 bits per heavy atom. The third-order valence-corrected chi connectivity index (χ3v) is 4.71. The van der Waals surface area contributed by atoms with Crippen molar-refractivity contribution >= 4 is 6.03 Å². The van der Waals surface area contributed by atoms with Crippen LogP contribution in [0.25, 0.3) is 0 Å². The Hall–Kier alpha value is -1.60. The Balaban J connectivity index is 1.41. The van der Waals surface area contributed by atoms with Gasteiger partial charge in [0.2, 0.25) is 0 Å². The van der Waals surface area contributed by atoms with Gasteiger partial charge in [0.05, 0.1) is 13.2 Å². The van der Waals surface area contributed by atoms with E-state index in [-0.39, 0.29) is 11.9 Å². The van der Waals surface area contributed by atoms with E-state index in [0.29, 0.717) is 26.3 Å². The lowest BCUT2D eigenvalue weighted by molar-refractivity contribution is -0.189. The summed E-state index contributed by atoms with van der Waals surface area (Å²) >= 11 is 0. The van der Waals surface area contributed by atoms with Crippen molar-refractivity contribution in [3.8, 4) is 0 Å². The molecule has 23 heavy (non-hydrogen) atoms. The number of amides is 2. The molecule has 1 atom stereocenters. The van der Waals surface area contributed by atoms with E-state index in [1.807, 2.05) is 28.8 Å². The zero-order valence-corrected chi connectivity index (χ0v) is 13.7. The highest BCUT2D eigenvalue weighted by molar-refractivity contribution is 5.74. The van der Waals surface area contributed by atoms with Gasteiger partial charge in [0.25, 0.3) is 0 Å². The highest BCUT2D eigenvalue weighted by Crippen LogP contribution is 2.33. The number of carbonyl (C=O) groups excluding carboxylic acids is 1. The number of hydrogen-bond acceptors (Lipinski definition) is 4. The Kier molecular flexibility index (Phi) is 5.17. The number of carbonyl (C=O) groups is 1. The summed E-state index contributed by atoms with van der Waals surface area (Å²) < 4.78 is 13.4. The minimum Gasteiger partial charge on any atom is -0.347 e. The first-order valence-corrected chi connectivity index (χ1v) is 8.45. The molecular formula is C16H26N4O3. The summed E-state index contributed by atoms with van der Waals surface area (Å²) in [6, 6.07) is 1.91. The molecule has 2 amide bonds. The lowest BCUT2D eigenvalue weighted by Crippen LogP contribution is -2.51.